The van der Waals surface area contributed by atoms with Gasteiger partial charge in [-0.25, -0.2) is 9.07 Å². The number of halogens is 2. The highest BCUT2D eigenvalue weighted by atomic mass is 35.5. The lowest BCUT2D eigenvalue weighted by Crippen LogP contribution is -2.37. The van der Waals surface area contributed by atoms with Crippen molar-refractivity contribution in [3.63, 3.8) is 0 Å². The monoisotopic (exact) mass is 535 g/mol. The Morgan fingerprint density at radius 1 is 1.21 bits per heavy atom. The van der Waals surface area contributed by atoms with Crippen LogP contribution in [-0.2, 0) is 11.2 Å². The number of likely N-dealkylation sites (N-methyl/N-ethyl adjacent to an activating group) is 1. The molecule has 7 heteroatoms. The van der Waals surface area contributed by atoms with Gasteiger partial charge >= 0.3 is 0 Å². The van der Waals surface area contributed by atoms with Crippen LogP contribution in [0.25, 0.3) is 17.3 Å². The first-order valence-electron chi connectivity index (χ1n) is 12.9. The molecule has 1 atom stereocenters. The van der Waals surface area contributed by atoms with Crippen LogP contribution in [0.3, 0.4) is 0 Å². The van der Waals surface area contributed by atoms with Crippen molar-refractivity contribution in [3.05, 3.63) is 92.5 Å². The second-order valence-electron chi connectivity index (χ2n) is 9.95. The van der Waals surface area contributed by atoms with Crippen molar-refractivity contribution in [2.75, 3.05) is 20.8 Å². The van der Waals surface area contributed by atoms with Gasteiger partial charge in [-0.1, -0.05) is 41.8 Å². The average molecular weight is 536 g/mol. The van der Waals surface area contributed by atoms with Crippen LogP contribution in [-0.4, -0.2) is 47.4 Å². The number of hydrogen-bond acceptors (Lipinski definition) is 3. The minimum absolute atomic E-state index is 0.0606. The van der Waals surface area contributed by atoms with Gasteiger partial charge in [0.2, 0.25) is 0 Å². The summed E-state index contributed by atoms with van der Waals surface area (Å²) in [7, 11) is 3.49. The van der Waals surface area contributed by atoms with Gasteiger partial charge in [-0.2, -0.15) is 5.10 Å². The highest BCUT2D eigenvalue weighted by Crippen LogP contribution is 2.33. The third-order valence-corrected chi connectivity index (χ3v) is 7.78. The summed E-state index contributed by atoms with van der Waals surface area (Å²) in [6.07, 6.45) is 4.61. The summed E-state index contributed by atoms with van der Waals surface area (Å²) >= 11 is 6.33. The van der Waals surface area contributed by atoms with E-state index in [-0.39, 0.29) is 24.4 Å². The number of aromatic nitrogens is 2. The molecule has 0 fully saturated rings. The van der Waals surface area contributed by atoms with Gasteiger partial charge in [0.15, 0.2) is 5.69 Å². The molecule has 1 aromatic heterocycles. The summed E-state index contributed by atoms with van der Waals surface area (Å²) in [5.41, 5.74) is 8.05. The molecule has 4 rings (SSSR count). The number of allylic oxidation sites excluding steroid dienone is 1. The molecular weight excluding hydrogens is 501 g/mol. The quantitative estimate of drug-likeness (QED) is 0.284. The van der Waals surface area contributed by atoms with E-state index in [1.54, 1.807) is 19.2 Å². The van der Waals surface area contributed by atoms with Gasteiger partial charge in [0.25, 0.3) is 5.91 Å². The van der Waals surface area contributed by atoms with E-state index in [1.807, 2.05) is 47.8 Å². The highest BCUT2D eigenvalue weighted by Gasteiger charge is 2.31. The zero-order valence-electron chi connectivity index (χ0n) is 22.9. The van der Waals surface area contributed by atoms with Gasteiger partial charge in [-0.3, -0.25) is 4.79 Å². The predicted octanol–water partition coefficient (Wildman–Crippen LogP) is 7.29. The summed E-state index contributed by atoms with van der Waals surface area (Å²) in [5, 5.41) is 5.57. The lowest BCUT2D eigenvalue weighted by Gasteiger charge is -2.25. The van der Waals surface area contributed by atoms with Crippen molar-refractivity contribution < 1.29 is 13.9 Å². The molecule has 1 amide bonds. The number of ether oxygens (including phenoxy) is 1. The van der Waals surface area contributed by atoms with Crippen LogP contribution in [0.2, 0.25) is 5.02 Å². The predicted molar refractivity (Wildman–Crippen MR) is 152 cm³/mol. The lowest BCUT2D eigenvalue weighted by molar-refractivity contribution is 0.0746. The maximum absolute atomic E-state index is 13.9. The number of rotatable bonds is 8. The van der Waals surface area contributed by atoms with Gasteiger partial charge in [-0.15, -0.1) is 0 Å². The molecular formula is C31H35ClFN3O2. The Hall–Kier alpha value is -3.22. The Kier molecular flexibility index (Phi) is 8.54. The van der Waals surface area contributed by atoms with Crippen LogP contribution in [0.15, 0.2) is 53.6 Å². The molecule has 0 bridgehead atoms. The first kappa shape index (κ1) is 27.8. The van der Waals surface area contributed by atoms with E-state index < -0.39 is 0 Å². The van der Waals surface area contributed by atoms with Crippen LogP contribution >= 0.6 is 11.6 Å². The van der Waals surface area contributed by atoms with Crippen LogP contribution in [0.4, 0.5) is 4.39 Å². The molecule has 0 radical (unpaired) electrons. The number of amides is 1. The first-order valence-corrected chi connectivity index (χ1v) is 13.3. The standard InChI is InChI=1S/C31H35ClFN3O2/c1-7-23-17-25(32)11-15-28(23)36-30(24(18-38-6)16-22-9-12-26(33)13-10-22)21(4)29(34-36)31(37)35(5)27-14-8-19(2)20(27)3/h9-13,15-17,27H,7-8,14,18H2,1-6H3/b24-16+/t27-/m1/s1. The van der Waals surface area contributed by atoms with Crippen LogP contribution in [0.1, 0.15) is 66.5 Å². The SMILES string of the molecule is CCc1cc(Cl)ccc1-n1nc(C(=O)N(C)[C@@H]2CCC(C)=C2C)c(C)c1/C(=C/c1ccc(F)cc1)COC. The second kappa shape index (κ2) is 11.7. The zero-order chi connectivity index (χ0) is 27.6. The minimum Gasteiger partial charge on any atom is -0.380 e. The smallest absolute Gasteiger partial charge is 0.274 e. The summed E-state index contributed by atoms with van der Waals surface area (Å²) in [6.45, 7) is 8.52. The molecule has 1 aliphatic carbocycles. The summed E-state index contributed by atoms with van der Waals surface area (Å²) < 4.78 is 21.0. The Balaban J connectivity index is 1.91. The van der Waals surface area contributed by atoms with E-state index in [0.717, 1.165) is 52.9 Å². The Morgan fingerprint density at radius 3 is 2.53 bits per heavy atom. The van der Waals surface area contributed by atoms with E-state index in [2.05, 4.69) is 20.8 Å². The van der Waals surface area contributed by atoms with Gasteiger partial charge < -0.3 is 9.64 Å². The third-order valence-electron chi connectivity index (χ3n) is 7.54. The van der Waals surface area contributed by atoms with E-state index >= 15 is 0 Å². The minimum atomic E-state index is -0.298. The van der Waals surface area contributed by atoms with Crippen molar-refractivity contribution >= 4 is 29.2 Å². The number of benzene rings is 2. The number of nitrogens with zero attached hydrogens (tertiary/aromatic N) is 3. The van der Waals surface area contributed by atoms with Crippen molar-refractivity contribution in [2.24, 2.45) is 0 Å². The Labute approximate surface area is 229 Å². The normalized spacial score (nSPS) is 15.9. The number of methoxy groups -OCH3 is 1. The molecule has 3 aromatic rings. The van der Waals surface area contributed by atoms with Crippen molar-refractivity contribution in [1.29, 1.82) is 0 Å². The van der Waals surface area contributed by atoms with Gasteiger partial charge in [0, 0.05) is 30.3 Å². The van der Waals surface area contributed by atoms with Crippen molar-refractivity contribution in [2.45, 2.75) is 53.0 Å². The van der Waals surface area contributed by atoms with Crippen molar-refractivity contribution in [1.82, 2.24) is 14.7 Å². The fourth-order valence-electron chi connectivity index (χ4n) is 5.23. The molecule has 1 aliphatic rings. The van der Waals surface area contributed by atoms with Gasteiger partial charge in [0.1, 0.15) is 5.82 Å². The number of aryl methyl sites for hydroxylation is 1. The molecule has 0 saturated carbocycles. The second-order valence-corrected chi connectivity index (χ2v) is 10.4. The summed E-state index contributed by atoms with van der Waals surface area (Å²) in [6, 6.07) is 12.1. The Morgan fingerprint density at radius 2 is 1.92 bits per heavy atom. The molecule has 0 saturated heterocycles. The molecule has 0 unspecified atom stereocenters. The molecule has 38 heavy (non-hydrogen) atoms. The van der Waals surface area contributed by atoms with Crippen LogP contribution < -0.4 is 0 Å². The van der Waals surface area contributed by atoms with E-state index in [9.17, 15) is 9.18 Å². The Bertz CT molecular complexity index is 1410. The first-order chi connectivity index (χ1) is 18.2. The maximum atomic E-state index is 13.9. The van der Waals surface area contributed by atoms with Crippen LogP contribution in [0.5, 0.6) is 0 Å². The molecule has 1 heterocycles. The molecule has 2 aromatic carbocycles. The fourth-order valence-corrected chi connectivity index (χ4v) is 5.43. The number of carbonyl (C=O) groups excluding carboxylic acids is 1. The lowest BCUT2D eigenvalue weighted by atomic mass is 10.0. The molecule has 0 spiro atoms. The van der Waals surface area contributed by atoms with E-state index in [4.69, 9.17) is 21.4 Å². The highest BCUT2D eigenvalue weighted by molar-refractivity contribution is 6.30. The van der Waals surface area contributed by atoms with Crippen molar-refractivity contribution in [3.8, 4) is 5.69 Å². The summed E-state index contributed by atoms with van der Waals surface area (Å²) in [4.78, 5) is 15.7. The van der Waals surface area contributed by atoms with Crippen LogP contribution in [0, 0.1) is 12.7 Å². The summed E-state index contributed by atoms with van der Waals surface area (Å²) in [5.74, 6) is -0.417. The largest absolute Gasteiger partial charge is 0.380 e. The van der Waals surface area contributed by atoms with E-state index in [1.165, 1.54) is 23.3 Å². The molecule has 0 aliphatic heterocycles. The number of hydrogen-bond donors (Lipinski definition) is 0. The third kappa shape index (κ3) is 5.47. The topological polar surface area (TPSA) is 47.4 Å². The average Bonchev–Trinajstić information content (AvgIpc) is 3.42. The maximum Gasteiger partial charge on any atom is 0.274 e. The van der Waals surface area contributed by atoms with E-state index in [0.29, 0.717) is 10.7 Å². The molecule has 0 N–H and O–H groups in total. The molecule has 5 nitrogen and oxygen atoms in total. The van der Waals surface area contributed by atoms with Gasteiger partial charge in [-0.05, 0) is 87.6 Å². The fraction of sp³-hybridized carbons (Fsp3) is 0.355. The zero-order valence-corrected chi connectivity index (χ0v) is 23.7. The number of carbonyl (C=O) groups is 1. The van der Waals surface area contributed by atoms with Gasteiger partial charge in [0.05, 0.1) is 24.0 Å². The molecule has 200 valence electrons.